The SMILES string of the molecule is Fc1ccccc1-c1ccc(OCc2ccccc2)cc1C(F)(F)F. The van der Waals surface area contributed by atoms with Crippen LogP contribution in [0.4, 0.5) is 17.6 Å². The molecule has 0 aromatic heterocycles. The van der Waals surface area contributed by atoms with E-state index in [-0.39, 0.29) is 23.5 Å². The number of rotatable bonds is 4. The lowest BCUT2D eigenvalue weighted by molar-refractivity contribution is -0.137. The van der Waals surface area contributed by atoms with Gasteiger partial charge in [0.05, 0.1) is 5.56 Å². The monoisotopic (exact) mass is 346 g/mol. The van der Waals surface area contributed by atoms with E-state index in [0.29, 0.717) is 0 Å². The largest absolute Gasteiger partial charge is 0.489 e. The topological polar surface area (TPSA) is 9.23 Å². The molecular formula is C20H14F4O. The Labute approximate surface area is 142 Å². The average Bonchev–Trinajstić information content (AvgIpc) is 2.60. The van der Waals surface area contributed by atoms with Gasteiger partial charge in [-0.05, 0) is 35.4 Å². The number of alkyl halides is 3. The minimum absolute atomic E-state index is 0.0799. The highest BCUT2D eigenvalue weighted by molar-refractivity contribution is 5.69. The predicted molar refractivity (Wildman–Crippen MR) is 87.6 cm³/mol. The average molecular weight is 346 g/mol. The molecule has 0 radical (unpaired) electrons. The molecule has 128 valence electrons. The number of halogens is 4. The molecule has 3 aromatic rings. The second-order valence-corrected chi connectivity index (χ2v) is 5.46. The van der Waals surface area contributed by atoms with Gasteiger partial charge in [-0.25, -0.2) is 4.39 Å². The molecule has 3 aromatic carbocycles. The summed E-state index contributed by atoms with van der Waals surface area (Å²) in [6, 6.07) is 18.1. The summed E-state index contributed by atoms with van der Waals surface area (Å²) in [5.74, 6) is -0.623. The first-order valence-electron chi connectivity index (χ1n) is 7.58. The standard InChI is InChI=1S/C20H14F4O/c21-19-9-5-4-8-17(19)16-11-10-15(12-18(16)20(22,23)24)25-13-14-6-2-1-3-7-14/h1-12H,13H2. The summed E-state index contributed by atoms with van der Waals surface area (Å²) in [6.07, 6.45) is -4.62. The number of benzene rings is 3. The van der Waals surface area contributed by atoms with Crippen LogP contribution in [0.1, 0.15) is 11.1 Å². The molecule has 0 aliphatic rings. The van der Waals surface area contributed by atoms with Crippen LogP contribution in [0.5, 0.6) is 5.75 Å². The maximum atomic E-state index is 13.9. The molecule has 0 atom stereocenters. The third kappa shape index (κ3) is 3.99. The molecule has 0 saturated heterocycles. The first kappa shape index (κ1) is 17.0. The van der Waals surface area contributed by atoms with Crippen LogP contribution in [0.3, 0.4) is 0 Å². The lowest BCUT2D eigenvalue weighted by Crippen LogP contribution is -2.08. The molecule has 0 fully saturated rings. The smallest absolute Gasteiger partial charge is 0.417 e. The van der Waals surface area contributed by atoms with Gasteiger partial charge in [-0.3, -0.25) is 0 Å². The zero-order valence-electron chi connectivity index (χ0n) is 13.1. The van der Waals surface area contributed by atoms with Gasteiger partial charge in [-0.2, -0.15) is 13.2 Å². The lowest BCUT2D eigenvalue weighted by atomic mass is 9.98. The van der Waals surface area contributed by atoms with E-state index in [1.165, 1.54) is 30.3 Å². The summed E-state index contributed by atoms with van der Waals surface area (Å²) < 4.78 is 59.7. The third-order valence-electron chi connectivity index (χ3n) is 3.71. The summed E-state index contributed by atoms with van der Waals surface area (Å²) >= 11 is 0. The van der Waals surface area contributed by atoms with E-state index in [9.17, 15) is 17.6 Å². The fraction of sp³-hybridized carbons (Fsp3) is 0.100. The van der Waals surface area contributed by atoms with Crippen LogP contribution in [-0.2, 0) is 12.8 Å². The molecule has 25 heavy (non-hydrogen) atoms. The van der Waals surface area contributed by atoms with Gasteiger partial charge in [0.1, 0.15) is 18.2 Å². The summed E-state index contributed by atoms with van der Waals surface area (Å²) in [4.78, 5) is 0. The van der Waals surface area contributed by atoms with Crippen LogP contribution in [0, 0.1) is 5.82 Å². The van der Waals surface area contributed by atoms with Crippen LogP contribution in [0.25, 0.3) is 11.1 Å². The van der Waals surface area contributed by atoms with E-state index in [2.05, 4.69) is 0 Å². The highest BCUT2D eigenvalue weighted by atomic mass is 19.4. The Morgan fingerprint density at radius 1 is 0.760 bits per heavy atom. The van der Waals surface area contributed by atoms with E-state index in [0.717, 1.165) is 17.7 Å². The van der Waals surface area contributed by atoms with Gasteiger partial charge in [0.2, 0.25) is 0 Å². The van der Waals surface area contributed by atoms with Gasteiger partial charge in [0, 0.05) is 5.56 Å². The van der Waals surface area contributed by atoms with Crippen molar-refractivity contribution in [1.82, 2.24) is 0 Å². The van der Waals surface area contributed by atoms with E-state index >= 15 is 0 Å². The van der Waals surface area contributed by atoms with E-state index in [1.807, 2.05) is 30.3 Å². The Bertz CT molecular complexity index is 857. The maximum absolute atomic E-state index is 13.9. The molecule has 0 aliphatic carbocycles. The summed E-state index contributed by atoms with van der Waals surface area (Å²) in [5.41, 5.74) is -0.389. The van der Waals surface area contributed by atoms with Gasteiger partial charge in [-0.1, -0.05) is 48.5 Å². The maximum Gasteiger partial charge on any atom is 0.417 e. The van der Waals surface area contributed by atoms with Gasteiger partial charge in [0.15, 0.2) is 0 Å². The first-order chi connectivity index (χ1) is 11.9. The number of ether oxygens (including phenoxy) is 1. The molecule has 3 rings (SSSR count). The quantitative estimate of drug-likeness (QED) is 0.519. The Kier molecular flexibility index (Phi) is 4.74. The molecule has 0 unspecified atom stereocenters. The van der Waals surface area contributed by atoms with Crippen molar-refractivity contribution >= 4 is 0 Å². The van der Waals surface area contributed by atoms with Crippen molar-refractivity contribution < 1.29 is 22.3 Å². The van der Waals surface area contributed by atoms with Crippen LogP contribution < -0.4 is 4.74 Å². The fourth-order valence-electron chi connectivity index (χ4n) is 2.50. The summed E-state index contributed by atoms with van der Waals surface area (Å²) in [6.45, 7) is 0.150. The second-order valence-electron chi connectivity index (χ2n) is 5.46. The Morgan fingerprint density at radius 2 is 1.44 bits per heavy atom. The van der Waals surface area contributed by atoms with E-state index < -0.39 is 17.6 Å². The molecule has 0 bridgehead atoms. The van der Waals surface area contributed by atoms with E-state index in [4.69, 9.17) is 4.74 Å². The molecular weight excluding hydrogens is 332 g/mol. The van der Waals surface area contributed by atoms with Crippen molar-refractivity contribution in [3.63, 3.8) is 0 Å². The fourth-order valence-corrected chi connectivity index (χ4v) is 2.50. The van der Waals surface area contributed by atoms with Crippen molar-refractivity contribution in [2.24, 2.45) is 0 Å². The van der Waals surface area contributed by atoms with E-state index in [1.54, 1.807) is 0 Å². The minimum Gasteiger partial charge on any atom is -0.489 e. The molecule has 0 heterocycles. The Morgan fingerprint density at radius 3 is 2.12 bits per heavy atom. The molecule has 0 saturated carbocycles. The van der Waals surface area contributed by atoms with Crippen molar-refractivity contribution in [2.45, 2.75) is 12.8 Å². The molecule has 0 aliphatic heterocycles. The van der Waals surface area contributed by atoms with Crippen LogP contribution >= 0.6 is 0 Å². The third-order valence-corrected chi connectivity index (χ3v) is 3.71. The zero-order valence-corrected chi connectivity index (χ0v) is 13.1. The van der Waals surface area contributed by atoms with Crippen molar-refractivity contribution in [3.8, 4) is 16.9 Å². The van der Waals surface area contributed by atoms with Crippen molar-refractivity contribution in [2.75, 3.05) is 0 Å². The Hall–Kier alpha value is -2.82. The highest BCUT2D eigenvalue weighted by Gasteiger charge is 2.34. The minimum atomic E-state index is -4.62. The van der Waals surface area contributed by atoms with Gasteiger partial charge >= 0.3 is 6.18 Å². The molecule has 0 N–H and O–H groups in total. The number of hydrogen-bond donors (Lipinski definition) is 0. The lowest BCUT2D eigenvalue weighted by Gasteiger charge is -2.16. The van der Waals surface area contributed by atoms with Crippen LogP contribution in [0.2, 0.25) is 0 Å². The molecule has 0 spiro atoms. The summed E-state index contributed by atoms with van der Waals surface area (Å²) in [7, 11) is 0. The Balaban J connectivity index is 1.95. The van der Waals surface area contributed by atoms with Crippen LogP contribution in [-0.4, -0.2) is 0 Å². The predicted octanol–water partition coefficient (Wildman–Crippen LogP) is 6.09. The first-order valence-corrected chi connectivity index (χ1v) is 7.58. The molecule has 1 nitrogen and oxygen atoms in total. The summed E-state index contributed by atoms with van der Waals surface area (Å²) in [5, 5.41) is 0. The van der Waals surface area contributed by atoms with Gasteiger partial charge in [0.25, 0.3) is 0 Å². The molecule has 5 heteroatoms. The number of hydrogen-bond acceptors (Lipinski definition) is 1. The van der Waals surface area contributed by atoms with Crippen molar-refractivity contribution in [3.05, 3.63) is 89.7 Å². The van der Waals surface area contributed by atoms with Crippen LogP contribution in [0.15, 0.2) is 72.8 Å². The normalized spacial score (nSPS) is 11.4. The molecule has 0 amide bonds. The zero-order chi connectivity index (χ0) is 17.9. The van der Waals surface area contributed by atoms with Gasteiger partial charge in [-0.15, -0.1) is 0 Å². The van der Waals surface area contributed by atoms with Gasteiger partial charge < -0.3 is 4.74 Å². The highest BCUT2D eigenvalue weighted by Crippen LogP contribution is 2.39. The van der Waals surface area contributed by atoms with Crippen molar-refractivity contribution in [1.29, 1.82) is 0 Å². The second kappa shape index (κ2) is 6.97.